The molecule has 0 aliphatic heterocycles. The van der Waals surface area contributed by atoms with Crippen LogP contribution < -0.4 is 0 Å². The predicted octanol–water partition coefficient (Wildman–Crippen LogP) is 1.31. The van der Waals surface area contributed by atoms with Crippen LogP contribution in [0.25, 0.3) is 0 Å². The highest BCUT2D eigenvalue weighted by Gasteiger charge is 2.37. The van der Waals surface area contributed by atoms with Crippen molar-refractivity contribution >= 4 is 5.97 Å². The minimum atomic E-state index is -1.43. The summed E-state index contributed by atoms with van der Waals surface area (Å²) in [7, 11) is 0. The van der Waals surface area contributed by atoms with Crippen molar-refractivity contribution in [2.75, 3.05) is 0 Å². The smallest absolute Gasteiger partial charge is 0.333 e. The molecule has 1 aromatic heterocycles. The maximum Gasteiger partial charge on any atom is 0.333 e. The van der Waals surface area contributed by atoms with Gasteiger partial charge in [0.25, 0.3) is 0 Å². The number of hydrogen-bond acceptors (Lipinski definition) is 3. The normalized spacial score (nSPS) is 14.0. The molecule has 4 nitrogen and oxygen atoms in total. The van der Waals surface area contributed by atoms with Gasteiger partial charge < -0.3 is 14.6 Å². The fraction of sp³-hybridized carbons (Fsp3) is 0.500. The SMILES string of the molecule is Cc1occc1C(C)(C)C(O)C(=O)O. The van der Waals surface area contributed by atoms with Crippen LogP contribution >= 0.6 is 0 Å². The number of aryl methyl sites for hydroxylation is 1. The average Bonchev–Trinajstić information content (AvgIpc) is 2.50. The monoisotopic (exact) mass is 198 g/mol. The van der Waals surface area contributed by atoms with E-state index < -0.39 is 17.5 Å². The molecule has 1 heterocycles. The Labute approximate surface area is 82.2 Å². The van der Waals surface area contributed by atoms with Crippen LogP contribution in [0.4, 0.5) is 0 Å². The second-order valence-corrected chi connectivity index (χ2v) is 3.85. The number of aliphatic hydroxyl groups excluding tert-OH is 1. The third kappa shape index (κ3) is 1.65. The van der Waals surface area contributed by atoms with E-state index in [1.807, 2.05) is 0 Å². The molecule has 1 unspecified atom stereocenters. The minimum Gasteiger partial charge on any atom is -0.479 e. The molecule has 0 spiro atoms. The van der Waals surface area contributed by atoms with Gasteiger partial charge >= 0.3 is 5.97 Å². The molecule has 0 saturated heterocycles. The summed E-state index contributed by atoms with van der Waals surface area (Å²) in [6.45, 7) is 5.08. The molecule has 0 saturated carbocycles. The van der Waals surface area contributed by atoms with Gasteiger partial charge in [-0.15, -0.1) is 0 Å². The van der Waals surface area contributed by atoms with Gasteiger partial charge in [-0.3, -0.25) is 0 Å². The minimum absolute atomic E-state index is 0.635. The second-order valence-electron chi connectivity index (χ2n) is 3.85. The van der Waals surface area contributed by atoms with Crippen LogP contribution in [-0.2, 0) is 10.2 Å². The number of aliphatic carboxylic acids is 1. The zero-order chi connectivity index (χ0) is 10.9. The van der Waals surface area contributed by atoms with Crippen LogP contribution in [0.15, 0.2) is 16.7 Å². The van der Waals surface area contributed by atoms with Crippen molar-refractivity contribution in [1.29, 1.82) is 0 Å². The summed E-state index contributed by atoms with van der Waals surface area (Å²) >= 11 is 0. The molecule has 0 radical (unpaired) electrons. The highest BCUT2D eigenvalue weighted by Crippen LogP contribution is 2.30. The number of furan rings is 1. The average molecular weight is 198 g/mol. The molecule has 1 aromatic rings. The van der Waals surface area contributed by atoms with Crippen LogP contribution in [0.1, 0.15) is 25.2 Å². The maximum absolute atomic E-state index is 10.7. The van der Waals surface area contributed by atoms with Crippen molar-refractivity contribution in [3.8, 4) is 0 Å². The van der Waals surface area contributed by atoms with Crippen molar-refractivity contribution in [2.24, 2.45) is 0 Å². The van der Waals surface area contributed by atoms with E-state index in [9.17, 15) is 9.90 Å². The fourth-order valence-corrected chi connectivity index (χ4v) is 1.51. The molecule has 0 bridgehead atoms. The number of carboxylic acids is 1. The summed E-state index contributed by atoms with van der Waals surface area (Å²) in [5, 5.41) is 18.2. The maximum atomic E-state index is 10.7. The first-order valence-electron chi connectivity index (χ1n) is 4.33. The van der Waals surface area contributed by atoms with Crippen molar-refractivity contribution in [2.45, 2.75) is 32.3 Å². The second kappa shape index (κ2) is 3.46. The van der Waals surface area contributed by atoms with Gasteiger partial charge in [-0.1, -0.05) is 13.8 Å². The van der Waals surface area contributed by atoms with Gasteiger partial charge in [0.15, 0.2) is 6.10 Å². The first-order valence-corrected chi connectivity index (χ1v) is 4.33. The van der Waals surface area contributed by atoms with Crippen LogP contribution in [0.5, 0.6) is 0 Å². The third-order valence-electron chi connectivity index (χ3n) is 2.47. The fourth-order valence-electron chi connectivity index (χ4n) is 1.51. The van der Waals surface area contributed by atoms with Crippen molar-refractivity contribution in [1.82, 2.24) is 0 Å². The van der Waals surface area contributed by atoms with Crippen LogP contribution in [0, 0.1) is 6.92 Å². The molecule has 4 heteroatoms. The molecule has 1 atom stereocenters. The quantitative estimate of drug-likeness (QED) is 0.768. The lowest BCUT2D eigenvalue weighted by Crippen LogP contribution is -2.40. The van der Waals surface area contributed by atoms with Gasteiger partial charge in [-0.05, 0) is 13.0 Å². The standard InChI is InChI=1S/C10H14O4/c1-6-7(4-5-14-6)10(2,3)8(11)9(12)13/h4-5,8,11H,1-3H3,(H,12,13). The van der Waals surface area contributed by atoms with Gasteiger partial charge in [-0.25, -0.2) is 4.79 Å². The van der Waals surface area contributed by atoms with E-state index in [-0.39, 0.29) is 0 Å². The molecule has 0 aromatic carbocycles. The summed E-state index contributed by atoms with van der Waals surface area (Å²) in [5.74, 6) is -0.592. The summed E-state index contributed by atoms with van der Waals surface area (Å²) in [5.41, 5.74) is -0.129. The Morgan fingerprint density at radius 1 is 1.57 bits per heavy atom. The molecule has 0 aliphatic rings. The topological polar surface area (TPSA) is 70.7 Å². The zero-order valence-electron chi connectivity index (χ0n) is 8.44. The lowest BCUT2D eigenvalue weighted by molar-refractivity contribution is -0.150. The summed E-state index contributed by atoms with van der Waals surface area (Å²) in [6.07, 6.45) is 0.0554. The van der Waals surface area contributed by atoms with E-state index in [2.05, 4.69) is 0 Å². The molecule has 0 fully saturated rings. The van der Waals surface area contributed by atoms with Gasteiger partial charge in [0.05, 0.1) is 6.26 Å². The Bertz CT molecular complexity index is 338. The number of hydrogen-bond donors (Lipinski definition) is 2. The van der Waals surface area contributed by atoms with E-state index >= 15 is 0 Å². The van der Waals surface area contributed by atoms with Gasteiger partial charge in [0.2, 0.25) is 0 Å². The van der Waals surface area contributed by atoms with Crippen molar-refractivity contribution in [3.63, 3.8) is 0 Å². The lowest BCUT2D eigenvalue weighted by atomic mass is 9.79. The van der Waals surface area contributed by atoms with E-state index in [0.717, 1.165) is 0 Å². The Morgan fingerprint density at radius 3 is 2.50 bits per heavy atom. The third-order valence-corrected chi connectivity index (χ3v) is 2.47. The predicted molar refractivity (Wildman–Crippen MR) is 50.1 cm³/mol. The van der Waals surface area contributed by atoms with Gasteiger partial charge in [0.1, 0.15) is 5.76 Å². The number of carboxylic acid groups (broad SMARTS) is 1. The number of carbonyl (C=O) groups is 1. The van der Waals surface area contributed by atoms with Gasteiger partial charge in [-0.2, -0.15) is 0 Å². The largest absolute Gasteiger partial charge is 0.479 e. The van der Waals surface area contributed by atoms with E-state index in [1.54, 1.807) is 26.8 Å². The van der Waals surface area contributed by atoms with Crippen molar-refractivity contribution < 1.29 is 19.4 Å². The first-order chi connectivity index (χ1) is 6.37. The lowest BCUT2D eigenvalue weighted by Gasteiger charge is -2.27. The molecule has 2 N–H and O–H groups in total. The molecule has 14 heavy (non-hydrogen) atoms. The summed E-state index contributed by atoms with van der Waals surface area (Å²) in [4.78, 5) is 10.7. The van der Waals surface area contributed by atoms with Crippen LogP contribution in [0.3, 0.4) is 0 Å². The Morgan fingerprint density at radius 2 is 2.14 bits per heavy atom. The molecular formula is C10H14O4. The van der Waals surface area contributed by atoms with Crippen molar-refractivity contribution in [3.05, 3.63) is 23.7 Å². The zero-order valence-corrected chi connectivity index (χ0v) is 8.44. The Hall–Kier alpha value is -1.29. The number of rotatable bonds is 3. The summed E-state index contributed by atoms with van der Waals surface area (Å²) < 4.78 is 5.08. The highest BCUT2D eigenvalue weighted by atomic mass is 16.4. The first kappa shape index (κ1) is 10.8. The summed E-state index contributed by atoms with van der Waals surface area (Å²) in [6, 6.07) is 1.68. The van der Waals surface area contributed by atoms with Gasteiger partial charge in [0, 0.05) is 11.0 Å². The molecule has 78 valence electrons. The van der Waals surface area contributed by atoms with Crippen LogP contribution in [0.2, 0.25) is 0 Å². The van der Waals surface area contributed by atoms with E-state index in [1.165, 1.54) is 6.26 Å². The molecule has 0 amide bonds. The van der Waals surface area contributed by atoms with E-state index in [0.29, 0.717) is 11.3 Å². The Balaban J connectivity index is 3.07. The Kier molecular flexibility index (Phi) is 2.66. The van der Waals surface area contributed by atoms with E-state index in [4.69, 9.17) is 9.52 Å². The highest BCUT2D eigenvalue weighted by molar-refractivity contribution is 5.74. The molecular weight excluding hydrogens is 184 g/mol. The molecule has 1 rings (SSSR count). The van der Waals surface area contributed by atoms with Crippen LogP contribution in [-0.4, -0.2) is 22.3 Å². The molecule has 0 aliphatic carbocycles. The number of aliphatic hydroxyl groups is 1.